The molecule has 0 fully saturated rings. The Morgan fingerprint density at radius 2 is 2.17 bits per heavy atom. The molecule has 3 rings (SSSR count). The van der Waals surface area contributed by atoms with Gasteiger partial charge in [0, 0.05) is 12.1 Å². The van der Waals surface area contributed by atoms with Gasteiger partial charge in [-0.1, -0.05) is 11.6 Å². The summed E-state index contributed by atoms with van der Waals surface area (Å²) in [7, 11) is 3.04. The number of ether oxygens (including phenoxy) is 1. The first kappa shape index (κ1) is 16.1. The number of fused-ring (bicyclic) bond motifs is 1. The van der Waals surface area contributed by atoms with Gasteiger partial charge in [0.25, 0.3) is 11.5 Å². The van der Waals surface area contributed by atoms with Gasteiger partial charge in [-0.15, -0.1) is 0 Å². The van der Waals surface area contributed by atoms with Crippen molar-refractivity contribution in [2.24, 2.45) is 7.05 Å². The van der Waals surface area contributed by atoms with Gasteiger partial charge in [-0.2, -0.15) is 0 Å². The molecule has 0 radical (unpaired) electrons. The first-order valence-electron chi connectivity index (χ1n) is 7.02. The summed E-state index contributed by atoms with van der Waals surface area (Å²) in [5, 5.41) is 3.28. The molecule has 1 amide bonds. The average molecular weight is 348 g/mol. The van der Waals surface area contributed by atoms with Gasteiger partial charge >= 0.3 is 0 Å². The minimum atomic E-state index is -0.503. The number of benzene rings is 1. The second kappa shape index (κ2) is 6.01. The highest BCUT2D eigenvalue weighted by molar-refractivity contribution is 6.31. The molecule has 1 aromatic carbocycles. The first-order chi connectivity index (χ1) is 11.4. The van der Waals surface area contributed by atoms with Crippen molar-refractivity contribution in [2.75, 3.05) is 12.4 Å². The third kappa shape index (κ3) is 2.63. The molecule has 1 N–H and O–H groups in total. The van der Waals surface area contributed by atoms with E-state index in [0.717, 1.165) is 0 Å². The van der Waals surface area contributed by atoms with Crippen LogP contribution in [0.25, 0.3) is 11.1 Å². The number of furan rings is 1. The Kier molecular flexibility index (Phi) is 4.02. The van der Waals surface area contributed by atoms with Crippen LogP contribution >= 0.6 is 11.6 Å². The molecule has 0 saturated heterocycles. The number of carbonyl (C=O) groups excluding carboxylic acids is 1. The smallest absolute Gasteiger partial charge is 0.265 e. The summed E-state index contributed by atoms with van der Waals surface area (Å²) in [6.45, 7) is 1.60. The molecule has 24 heavy (non-hydrogen) atoms. The van der Waals surface area contributed by atoms with Crippen molar-refractivity contribution in [3.05, 3.63) is 51.2 Å². The van der Waals surface area contributed by atoms with Crippen LogP contribution in [-0.4, -0.2) is 22.6 Å². The van der Waals surface area contributed by atoms with Crippen LogP contribution in [0.5, 0.6) is 5.75 Å². The van der Waals surface area contributed by atoms with E-state index in [2.05, 4.69) is 10.3 Å². The summed E-state index contributed by atoms with van der Waals surface area (Å²) < 4.78 is 11.9. The first-order valence-corrected chi connectivity index (χ1v) is 7.39. The van der Waals surface area contributed by atoms with Gasteiger partial charge in [0.2, 0.25) is 5.71 Å². The second-order valence-electron chi connectivity index (χ2n) is 5.17. The molecule has 8 heteroatoms. The molecule has 0 aliphatic carbocycles. The number of methoxy groups -OCH3 is 1. The largest absolute Gasteiger partial charge is 0.495 e. The molecule has 0 aliphatic rings. The number of rotatable bonds is 3. The lowest BCUT2D eigenvalue weighted by atomic mass is 10.1. The van der Waals surface area contributed by atoms with Crippen LogP contribution in [0.2, 0.25) is 5.02 Å². The predicted octanol–water partition coefficient (Wildman–Crippen LogP) is 2.75. The topological polar surface area (TPSA) is 86.4 Å². The number of amides is 1. The van der Waals surface area contributed by atoms with Gasteiger partial charge in [-0.3, -0.25) is 9.59 Å². The Bertz CT molecular complexity index is 1010. The van der Waals surface area contributed by atoms with Gasteiger partial charge in [-0.25, -0.2) is 4.98 Å². The number of aryl methyl sites for hydroxylation is 2. The molecule has 124 valence electrons. The van der Waals surface area contributed by atoms with E-state index in [-0.39, 0.29) is 22.2 Å². The predicted molar refractivity (Wildman–Crippen MR) is 89.9 cm³/mol. The second-order valence-corrected chi connectivity index (χ2v) is 5.61. The third-order valence-corrected chi connectivity index (χ3v) is 3.82. The van der Waals surface area contributed by atoms with E-state index in [1.807, 2.05) is 0 Å². The zero-order valence-corrected chi connectivity index (χ0v) is 14.0. The van der Waals surface area contributed by atoms with Crippen LogP contribution in [0.3, 0.4) is 0 Å². The van der Waals surface area contributed by atoms with Crippen LogP contribution in [-0.2, 0) is 7.05 Å². The zero-order valence-electron chi connectivity index (χ0n) is 13.2. The number of hydrogen-bond acceptors (Lipinski definition) is 5. The van der Waals surface area contributed by atoms with E-state index in [1.165, 1.54) is 18.0 Å². The van der Waals surface area contributed by atoms with Gasteiger partial charge < -0.3 is 19.0 Å². The lowest BCUT2D eigenvalue weighted by Gasteiger charge is -2.10. The summed E-state index contributed by atoms with van der Waals surface area (Å²) in [5.41, 5.74) is 0.295. The fraction of sp³-hybridized carbons (Fsp3) is 0.188. The number of hydrogen-bond donors (Lipinski definition) is 1. The molecular weight excluding hydrogens is 334 g/mol. The van der Waals surface area contributed by atoms with E-state index < -0.39 is 5.91 Å². The summed E-state index contributed by atoms with van der Waals surface area (Å²) in [6, 6.07) is 4.85. The fourth-order valence-electron chi connectivity index (χ4n) is 2.42. The van der Waals surface area contributed by atoms with Crippen molar-refractivity contribution < 1.29 is 13.9 Å². The highest BCUT2D eigenvalue weighted by atomic mass is 35.5. The van der Waals surface area contributed by atoms with Crippen molar-refractivity contribution in [3.63, 3.8) is 0 Å². The highest BCUT2D eigenvalue weighted by Gasteiger charge is 2.23. The van der Waals surface area contributed by atoms with Gasteiger partial charge in [0.15, 0.2) is 0 Å². The normalized spacial score (nSPS) is 10.8. The standard InChI is InChI=1S/C16H14ClN3O4/c1-8-12(13-15(24-8)18-7-20(2)16(13)22)14(21)19-10-6-9(17)4-5-11(10)23-3/h4-7H,1-3H3,(H,19,21). The minimum absolute atomic E-state index is 0.124. The Labute approximate surface area is 141 Å². The fourth-order valence-corrected chi connectivity index (χ4v) is 2.60. The summed E-state index contributed by atoms with van der Waals surface area (Å²) in [5.74, 6) is 0.250. The van der Waals surface area contributed by atoms with Crippen molar-refractivity contribution in [2.45, 2.75) is 6.92 Å². The quantitative estimate of drug-likeness (QED) is 0.787. The van der Waals surface area contributed by atoms with Crippen LogP contribution in [0.15, 0.2) is 33.7 Å². The zero-order chi connectivity index (χ0) is 17.4. The molecule has 0 unspecified atom stereocenters. The van der Waals surface area contributed by atoms with E-state index in [0.29, 0.717) is 22.2 Å². The number of aromatic nitrogens is 2. The minimum Gasteiger partial charge on any atom is -0.495 e. The molecular formula is C16H14ClN3O4. The van der Waals surface area contributed by atoms with Crippen molar-refractivity contribution in [1.29, 1.82) is 0 Å². The van der Waals surface area contributed by atoms with Crippen molar-refractivity contribution in [3.8, 4) is 5.75 Å². The van der Waals surface area contributed by atoms with E-state index in [4.69, 9.17) is 20.8 Å². The lowest BCUT2D eigenvalue weighted by Crippen LogP contribution is -2.20. The molecule has 3 aromatic rings. The third-order valence-electron chi connectivity index (χ3n) is 3.58. The highest BCUT2D eigenvalue weighted by Crippen LogP contribution is 2.29. The van der Waals surface area contributed by atoms with E-state index in [1.54, 1.807) is 32.2 Å². The number of nitrogens with zero attached hydrogens (tertiary/aromatic N) is 2. The molecule has 0 spiro atoms. The number of anilines is 1. The number of halogens is 1. The van der Waals surface area contributed by atoms with Crippen LogP contribution < -0.4 is 15.6 Å². The molecule has 0 saturated carbocycles. The summed E-state index contributed by atoms with van der Waals surface area (Å²) in [6.07, 6.45) is 1.34. The molecule has 7 nitrogen and oxygen atoms in total. The van der Waals surface area contributed by atoms with Gasteiger partial charge in [0.1, 0.15) is 23.2 Å². The Balaban J connectivity index is 2.10. The monoisotopic (exact) mass is 347 g/mol. The molecule has 0 atom stereocenters. The van der Waals surface area contributed by atoms with Crippen LogP contribution in [0.4, 0.5) is 5.69 Å². The Morgan fingerprint density at radius 1 is 1.42 bits per heavy atom. The van der Waals surface area contributed by atoms with Gasteiger partial charge in [0.05, 0.1) is 18.4 Å². The summed E-state index contributed by atoms with van der Waals surface area (Å²) >= 11 is 5.97. The molecule has 0 aliphatic heterocycles. The summed E-state index contributed by atoms with van der Waals surface area (Å²) in [4.78, 5) is 29.1. The van der Waals surface area contributed by atoms with E-state index in [9.17, 15) is 9.59 Å². The Morgan fingerprint density at radius 3 is 2.88 bits per heavy atom. The lowest BCUT2D eigenvalue weighted by molar-refractivity contribution is 0.102. The number of nitrogens with one attached hydrogen (secondary N) is 1. The Hall–Kier alpha value is -2.80. The van der Waals surface area contributed by atoms with Crippen LogP contribution in [0, 0.1) is 6.92 Å². The number of carbonyl (C=O) groups is 1. The SMILES string of the molecule is COc1ccc(Cl)cc1NC(=O)c1c(C)oc2ncn(C)c(=O)c12. The molecule has 2 aromatic heterocycles. The van der Waals surface area contributed by atoms with Crippen molar-refractivity contribution in [1.82, 2.24) is 9.55 Å². The molecule has 0 bridgehead atoms. The maximum Gasteiger partial charge on any atom is 0.265 e. The van der Waals surface area contributed by atoms with E-state index >= 15 is 0 Å². The maximum atomic E-state index is 12.7. The van der Waals surface area contributed by atoms with Crippen LogP contribution in [0.1, 0.15) is 16.1 Å². The maximum absolute atomic E-state index is 12.7. The molecule has 2 heterocycles. The van der Waals surface area contributed by atoms with Gasteiger partial charge in [-0.05, 0) is 25.1 Å². The van der Waals surface area contributed by atoms with Crippen molar-refractivity contribution >= 4 is 34.3 Å². The average Bonchev–Trinajstić information content (AvgIpc) is 2.88.